The molecule has 1 atom stereocenters. The number of oxime groups is 1. The van der Waals surface area contributed by atoms with Crippen molar-refractivity contribution < 1.29 is 5.21 Å². The topological polar surface area (TPSA) is 74.7 Å². The van der Waals surface area contributed by atoms with Crippen LogP contribution in [0.3, 0.4) is 0 Å². The first-order valence-corrected chi connectivity index (χ1v) is 6.97. The Morgan fingerprint density at radius 2 is 2.42 bits per heavy atom. The highest BCUT2D eigenvalue weighted by molar-refractivity contribution is 5.97. The van der Waals surface area contributed by atoms with Gasteiger partial charge in [0.05, 0.1) is 0 Å². The third kappa shape index (κ3) is 3.16. The predicted molar refractivity (Wildman–Crippen MR) is 76.6 cm³/mol. The zero-order valence-electron chi connectivity index (χ0n) is 11.4. The summed E-state index contributed by atoms with van der Waals surface area (Å²) in [7, 11) is 0. The van der Waals surface area contributed by atoms with Crippen molar-refractivity contribution in [3.8, 4) is 0 Å². The number of anilines is 1. The van der Waals surface area contributed by atoms with Crippen molar-refractivity contribution in [3.05, 3.63) is 23.9 Å². The fourth-order valence-corrected chi connectivity index (χ4v) is 2.73. The maximum atomic E-state index is 8.75. The van der Waals surface area contributed by atoms with Gasteiger partial charge in [-0.05, 0) is 37.8 Å². The lowest BCUT2D eigenvalue weighted by atomic mass is 9.98. The Bertz CT molecular complexity index is 445. The molecule has 1 aromatic rings. The van der Waals surface area contributed by atoms with Crippen molar-refractivity contribution in [1.82, 2.24) is 4.98 Å². The number of hydrogen-bond donors (Lipinski definition) is 2. The summed E-state index contributed by atoms with van der Waals surface area (Å²) >= 11 is 0. The van der Waals surface area contributed by atoms with Gasteiger partial charge in [-0.15, -0.1) is 0 Å². The fourth-order valence-electron chi connectivity index (χ4n) is 2.73. The van der Waals surface area contributed by atoms with Gasteiger partial charge in [-0.2, -0.15) is 0 Å². The number of hydrogen-bond acceptors (Lipinski definition) is 4. The summed E-state index contributed by atoms with van der Waals surface area (Å²) in [6.07, 6.45) is 7.82. The first-order valence-electron chi connectivity index (χ1n) is 6.97. The van der Waals surface area contributed by atoms with Gasteiger partial charge in [-0.3, -0.25) is 0 Å². The van der Waals surface area contributed by atoms with Gasteiger partial charge in [0.25, 0.3) is 0 Å². The molecule has 0 saturated carbocycles. The van der Waals surface area contributed by atoms with Crippen molar-refractivity contribution >= 4 is 11.7 Å². The van der Waals surface area contributed by atoms with Crippen molar-refractivity contribution in [2.45, 2.75) is 45.1 Å². The summed E-state index contributed by atoms with van der Waals surface area (Å²) in [5.74, 6) is 1.06. The van der Waals surface area contributed by atoms with Crippen LogP contribution in [0, 0.1) is 0 Å². The molecule has 1 saturated heterocycles. The molecule has 5 nitrogen and oxygen atoms in total. The fraction of sp³-hybridized carbons (Fsp3) is 0.571. The number of aromatic nitrogens is 1. The third-order valence-electron chi connectivity index (χ3n) is 3.69. The van der Waals surface area contributed by atoms with Crippen LogP contribution in [0.1, 0.15) is 44.6 Å². The number of nitrogens with zero attached hydrogens (tertiary/aromatic N) is 3. The second-order valence-electron chi connectivity index (χ2n) is 5.02. The molecule has 3 N–H and O–H groups in total. The summed E-state index contributed by atoms with van der Waals surface area (Å²) < 4.78 is 0. The first kappa shape index (κ1) is 13.6. The Kier molecular flexibility index (Phi) is 4.60. The van der Waals surface area contributed by atoms with Crippen LogP contribution in [0.25, 0.3) is 0 Å². The molecule has 1 aromatic heterocycles. The SMILES string of the molecule is CCCC1CCCCN1c1cc(/C(N)=N/O)ccn1. The predicted octanol–water partition coefficient (Wildman–Crippen LogP) is 2.34. The second-order valence-corrected chi connectivity index (χ2v) is 5.02. The minimum Gasteiger partial charge on any atom is -0.409 e. The summed E-state index contributed by atoms with van der Waals surface area (Å²) in [4.78, 5) is 6.81. The van der Waals surface area contributed by atoms with E-state index >= 15 is 0 Å². The Hall–Kier alpha value is -1.78. The molecule has 104 valence electrons. The van der Waals surface area contributed by atoms with Gasteiger partial charge in [0.15, 0.2) is 5.84 Å². The number of rotatable bonds is 4. The molecule has 5 heteroatoms. The van der Waals surface area contributed by atoms with E-state index in [0.29, 0.717) is 11.6 Å². The van der Waals surface area contributed by atoms with E-state index in [1.807, 2.05) is 6.07 Å². The summed E-state index contributed by atoms with van der Waals surface area (Å²) in [5, 5.41) is 11.8. The quantitative estimate of drug-likeness (QED) is 0.378. The average molecular weight is 262 g/mol. The van der Waals surface area contributed by atoms with Crippen LogP contribution in [-0.2, 0) is 0 Å². The Morgan fingerprint density at radius 1 is 1.58 bits per heavy atom. The van der Waals surface area contributed by atoms with E-state index in [-0.39, 0.29) is 5.84 Å². The molecule has 0 aliphatic carbocycles. The lowest BCUT2D eigenvalue weighted by Crippen LogP contribution is -2.40. The third-order valence-corrected chi connectivity index (χ3v) is 3.69. The van der Waals surface area contributed by atoms with Crippen LogP contribution in [0.15, 0.2) is 23.5 Å². The molecule has 1 aliphatic rings. The van der Waals surface area contributed by atoms with Gasteiger partial charge in [0.1, 0.15) is 5.82 Å². The molecule has 2 heterocycles. The number of nitrogens with two attached hydrogens (primary N) is 1. The minimum atomic E-state index is 0.132. The van der Waals surface area contributed by atoms with Crippen LogP contribution in [0.5, 0.6) is 0 Å². The molecule has 0 amide bonds. The molecular weight excluding hydrogens is 240 g/mol. The highest BCUT2D eigenvalue weighted by atomic mass is 16.4. The molecule has 1 fully saturated rings. The van der Waals surface area contributed by atoms with Crippen molar-refractivity contribution in [3.63, 3.8) is 0 Å². The van der Waals surface area contributed by atoms with Gasteiger partial charge in [0, 0.05) is 24.3 Å². The van der Waals surface area contributed by atoms with E-state index < -0.39 is 0 Å². The van der Waals surface area contributed by atoms with Gasteiger partial charge in [-0.1, -0.05) is 18.5 Å². The Morgan fingerprint density at radius 3 is 3.16 bits per heavy atom. The summed E-state index contributed by atoms with van der Waals surface area (Å²) in [6.45, 7) is 3.25. The maximum Gasteiger partial charge on any atom is 0.170 e. The first-order chi connectivity index (χ1) is 9.26. The molecule has 19 heavy (non-hydrogen) atoms. The standard InChI is InChI=1S/C14H22N4O/c1-2-5-12-6-3-4-9-18(12)13-10-11(7-8-16-13)14(15)17-19/h7-8,10,12,19H,2-6,9H2,1H3,(H2,15,17). The maximum absolute atomic E-state index is 8.75. The lowest BCUT2D eigenvalue weighted by molar-refractivity contribution is 0.318. The second kappa shape index (κ2) is 6.41. The van der Waals surface area contributed by atoms with Gasteiger partial charge >= 0.3 is 0 Å². The van der Waals surface area contributed by atoms with Crippen LogP contribution in [0.2, 0.25) is 0 Å². The van der Waals surface area contributed by atoms with Crippen molar-refractivity contribution in [1.29, 1.82) is 0 Å². The summed E-state index contributed by atoms with van der Waals surface area (Å²) in [5.41, 5.74) is 6.36. The normalized spacial score (nSPS) is 20.6. The number of pyridine rings is 1. The molecule has 0 bridgehead atoms. The summed E-state index contributed by atoms with van der Waals surface area (Å²) in [6, 6.07) is 4.23. The number of piperidine rings is 1. The van der Waals surface area contributed by atoms with E-state index in [1.54, 1.807) is 12.3 Å². The molecule has 0 spiro atoms. The van der Waals surface area contributed by atoms with Crippen LogP contribution in [-0.4, -0.2) is 28.6 Å². The minimum absolute atomic E-state index is 0.132. The molecular formula is C14H22N4O. The molecule has 0 radical (unpaired) electrons. The van der Waals surface area contributed by atoms with E-state index in [2.05, 4.69) is 22.0 Å². The smallest absolute Gasteiger partial charge is 0.170 e. The van der Waals surface area contributed by atoms with E-state index in [1.165, 1.54) is 32.1 Å². The zero-order valence-corrected chi connectivity index (χ0v) is 11.4. The largest absolute Gasteiger partial charge is 0.409 e. The van der Waals surface area contributed by atoms with Crippen LogP contribution in [0.4, 0.5) is 5.82 Å². The molecule has 1 unspecified atom stereocenters. The van der Waals surface area contributed by atoms with E-state index in [0.717, 1.165) is 12.4 Å². The molecule has 1 aliphatic heterocycles. The molecule has 2 rings (SSSR count). The van der Waals surface area contributed by atoms with E-state index in [4.69, 9.17) is 10.9 Å². The van der Waals surface area contributed by atoms with Gasteiger partial charge < -0.3 is 15.8 Å². The van der Waals surface area contributed by atoms with E-state index in [9.17, 15) is 0 Å². The van der Waals surface area contributed by atoms with Gasteiger partial charge in [-0.25, -0.2) is 4.98 Å². The highest BCUT2D eigenvalue weighted by Gasteiger charge is 2.23. The van der Waals surface area contributed by atoms with Crippen molar-refractivity contribution in [2.24, 2.45) is 10.9 Å². The van der Waals surface area contributed by atoms with Crippen molar-refractivity contribution in [2.75, 3.05) is 11.4 Å². The number of amidine groups is 1. The Balaban J connectivity index is 2.23. The average Bonchev–Trinajstić information content (AvgIpc) is 2.47. The van der Waals surface area contributed by atoms with Crippen LogP contribution >= 0.6 is 0 Å². The highest BCUT2D eigenvalue weighted by Crippen LogP contribution is 2.26. The monoisotopic (exact) mass is 262 g/mol. The van der Waals surface area contributed by atoms with Crippen LogP contribution < -0.4 is 10.6 Å². The Labute approximate surface area is 114 Å². The zero-order chi connectivity index (χ0) is 13.7. The molecule has 0 aromatic carbocycles. The lowest BCUT2D eigenvalue weighted by Gasteiger charge is -2.36. The van der Waals surface area contributed by atoms with Gasteiger partial charge in [0.2, 0.25) is 0 Å².